The largest absolute Gasteiger partial charge is 0.328 e. The fourth-order valence-electron chi connectivity index (χ4n) is 3.69. The van der Waals surface area contributed by atoms with E-state index in [4.69, 9.17) is 5.73 Å². The van der Waals surface area contributed by atoms with Crippen molar-refractivity contribution in [2.24, 2.45) is 5.73 Å². The van der Waals surface area contributed by atoms with Crippen LogP contribution in [0.5, 0.6) is 0 Å². The molecule has 2 saturated heterocycles. The number of piperidine rings is 2. The van der Waals surface area contributed by atoms with Gasteiger partial charge in [-0.2, -0.15) is 0 Å². The SMILES string of the molecule is NC1CC2CCCC(C1)N2CCc1cccnc1. The molecule has 3 heterocycles. The standard InChI is InChI=1S/C15H23N3/c16-13-9-14-4-1-5-15(10-13)18(14)8-6-12-3-2-7-17-11-12/h2-3,7,11,13-15H,1,4-6,8-10,16H2. The van der Waals surface area contributed by atoms with E-state index in [1.807, 2.05) is 18.5 Å². The zero-order chi connectivity index (χ0) is 12.4. The molecule has 0 amide bonds. The number of hydrogen-bond acceptors (Lipinski definition) is 3. The molecule has 2 atom stereocenters. The van der Waals surface area contributed by atoms with Gasteiger partial charge in [-0.15, -0.1) is 0 Å². The average Bonchev–Trinajstić information content (AvgIpc) is 2.37. The zero-order valence-corrected chi connectivity index (χ0v) is 11.0. The Morgan fingerprint density at radius 1 is 1.28 bits per heavy atom. The van der Waals surface area contributed by atoms with Gasteiger partial charge in [-0.25, -0.2) is 0 Å². The summed E-state index contributed by atoms with van der Waals surface area (Å²) >= 11 is 0. The maximum Gasteiger partial charge on any atom is 0.0300 e. The number of nitrogens with zero attached hydrogens (tertiary/aromatic N) is 2. The van der Waals surface area contributed by atoms with Gasteiger partial charge in [0.2, 0.25) is 0 Å². The molecule has 2 unspecified atom stereocenters. The highest BCUT2D eigenvalue weighted by Gasteiger charge is 2.36. The lowest BCUT2D eigenvalue weighted by atomic mass is 9.82. The molecule has 2 aliphatic heterocycles. The van der Waals surface area contributed by atoms with Crippen molar-refractivity contribution in [1.29, 1.82) is 0 Å². The van der Waals surface area contributed by atoms with Crippen LogP contribution in [0, 0.1) is 0 Å². The molecular weight excluding hydrogens is 222 g/mol. The number of fused-ring (bicyclic) bond motifs is 2. The van der Waals surface area contributed by atoms with Gasteiger partial charge in [0.05, 0.1) is 0 Å². The maximum atomic E-state index is 6.16. The third-order valence-corrected chi connectivity index (χ3v) is 4.54. The second-order valence-corrected chi connectivity index (χ2v) is 5.82. The molecule has 1 aromatic rings. The summed E-state index contributed by atoms with van der Waals surface area (Å²) in [5.41, 5.74) is 7.51. The molecule has 2 N–H and O–H groups in total. The van der Waals surface area contributed by atoms with Crippen molar-refractivity contribution in [1.82, 2.24) is 9.88 Å². The smallest absolute Gasteiger partial charge is 0.0300 e. The maximum absolute atomic E-state index is 6.16. The van der Waals surface area contributed by atoms with E-state index in [9.17, 15) is 0 Å². The van der Waals surface area contributed by atoms with E-state index in [0.29, 0.717) is 6.04 Å². The second kappa shape index (κ2) is 5.37. The summed E-state index contributed by atoms with van der Waals surface area (Å²) in [6.45, 7) is 1.17. The molecule has 2 aliphatic rings. The predicted octanol–water partition coefficient (Wildman–Crippen LogP) is 1.97. The molecule has 1 aromatic heterocycles. The van der Waals surface area contributed by atoms with E-state index in [1.54, 1.807) is 0 Å². The van der Waals surface area contributed by atoms with Crippen molar-refractivity contribution in [3.8, 4) is 0 Å². The lowest BCUT2D eigenvalue weighted by Crippen LogP contribution is -2.55. The minimum Gasteiger partial charge on any atom is -0.328 e. The Balaban J connectivity index is 1.62. The Morgan fingerprint density at radius 3 is 2.72 bits per heavy atom. The van der Waals surface area contributed by atoms with E-state index < -0.39 is 0 Å². The van der Waals surface area contributed by atoms with Crippen LogP contribution in [-0.2, 0) is 6.42 Å². The molecular formula is C15H23N3. The van der Waals surface area contributed by atoms with Gasteiger partial charge in [0.25, 0.3) is 0 Å². The van der Waals surface area contributed by atoms with Crippen LogP contribution in [0.2, 0.25) is 0 Å². The van der Waals surface area contributed by atoms with E-state index in [0.717, 1.165) is 18.5 Å². The average molecular weight is 245 g/mol. The lowest BCUT2D eigenvalue weighted by Gasteiger charge is -2.48. The molecule has 2 bridgehead atoms. The molecule has 0 radical (unpaired) electrons. The van der Waals surface area contributed by atoms with Crippen molar-refractivity contribution >= 4 is 0 Å². The Morgan fingerprint density at radius 2 is 2.06 bits per heavy atom. The van der Waals surface area contributed by atoms with Gasteiger partial charge >= 0.3 is 0 Å². The van der Waals surface area contributed by atoms with Crippen molar-refractivity contribution in [2.75, 3.05) is 6.54 Å². The number of aromatic nitrogens is 1. The first kappa shape index (κ1) is 12.1. The second-order valence-electron chi connectivity index (χ2n) is 5.82. The van der Waals surface area contributed by atoms with Gasteiger partial charge < -0.3 is 5.73 Å². The number of hydrogen-bond donors (Lipinski definition) is 1. The summed E-state index contributed by atoms with van der Waals surface area (Å²) in [5.74, 6) is 0. The highest BCUT2D eigenvalue weighted by molar-refractivity contribution is 5.09. The molecule has 0 saturated carbocycles. The highest BCUT2D eigenvalue weighted by atomic mass is 15.2. The molecule has 2 fully saturated rings. The van der Waals surface area contributed by atoms with E-state index >= 15 is 0 Å². The van der Waals surface area contributed by atoms with Crippen molar-refractivity contribution < 1.29 is 0 Å². The molecule has 98 valence electrons. The van der Waals surface area contributed by atoms with E-state index in [1.165, 1.54) is 44.2 Å². The minimum atomic E-state index is 0.440. The summed E-state index contributed by atoms with van der Waals surface area (Å²) in [5, 5.41) is 0. The molecule has 0 aliphatic carbocycles. The van der Waals surface area contributed by atoms with Crippen LogP contribution in [0.1, 0.15) is 37.7 Å². The molecule has 3 nitrogen and oxygen atoms in total. The number of nitrogens with two attached hydrogens (primary N) is 1. The summed E-state index contributed by atoms with van der Waals surface area (Å²) in [7, 11) is 0. The molecule has 3 heteroatoms. The normalized spacial score (nSPS) is 32.4. The fourth-order valence-corrected chi connectivity index (χ4v) is 3.69. The Bertz CT molecular complexity index is 365. The van der Waals surface area contributed by atoms with Gasteiger partial charge in [-0.3, -0.25) is 9.88 Å². The summed E-state index contributed by atoms with van der Waals surface area (Å²) in [4.78, 5) is 6.92. The first-order chi connectivity index (χ1) is 8.83. The first-order valence-corrected chi connectivity index (χ1v) is 7.23. The van der Waals surface area contributed by atoms with Crippen LogP contribution in [0.15, 0.2) is 24.5 Å². The van der Waals surface area contributed by atoms with Gasteiger partial charge in [-0.1, -0.05) is 12.5 Å². The van der Waals surface area contributed by atoms with Crippen LogP contribution in [0.25, 0.3) is 0 Å². The summed E-state index contributed by atoms with van der Waals surface area (Å²) in [6.07, 6.45) is 11.4. The number of pyridine rings is 1. The third kappa shape index (κ3) is 2.57. The van der Waals surface area contributed by atoms with Gasteiger partial charge in [0.15, 0.2) is 0 Å². The van der Waals surface area contributed by atoms with Gasteiger partial charge in [0, 0.05) is 37.1 Å². The monoisotopic (exact) mass is 245 g/mol. The Kier molecular flexibility index (Phi) is 3.62. The molecule has 18 heavy (non-hydrogen) atoms. The molecule has 3 rings (SSSR count). The van der Waals surface area contributed by atoms with Gasteiger partial charge in [-0.05, 0) is 43.7 Å². The van der Waals surface area contributed by atoms with E-state index in [-0.39, 0.29) is 0 Å². The van der Waals surface area contributed by atoms with E-state index in [2.05, 4.69) is 16.0 Å². The number of rotatable bonds is 3. The quantitative estimate of drug-likeness (QED) is 0.885. The van der Waals surface area contributed by atoms with Crippen LogP contribution < -0.4 is 5.73 Å². The minimum absolute atomic E-state index is 0.440. The third-order valence-electron chi connectivity index (χ3n) is 4.54. The summed E-state index contributed by atoms with van der Waals surface area (Å²) < 4.78 is 0. The fraction of sp³-hybridized carbons (Fsp3) is 0.667. The van der Waals surface area contributed by atoms with Crippen molar-refractivity contribution in [3.63, 3.8) is 0 Å². The van der Waals surface area contributed by atoms with Crippen LogP contribution in [0.3, 0.4) is 0 Å². The first-order valence-electron chi connectivity index (χ1n) is 7.23. The Labute approximate surface area is 109 Å². The Hall–Kier alpha value is -0.930. The van der Waals surface area contributed by atoms with Gasteiger partial charge in [0.1, 0.15) is 0 Å². The lowest BCUT2D eigenvalue weighted by molar-refractivity contribution is 0.0327. The highest BCUT2D eigenvalue weighted by Crippen LogP contribution is 2.33. The molecule has 0 aromatic carbocycles. The molecule has 0 spiro atoms. The topological polar surface area (TPSA) is 42.1 Å². The van der Waals surface area contributed by atoms with Crippen molar-refractivity contribution in [3.05, 3.63) is 30.1 Å². The van der Waals surface area contributed by atoms with Crippen LogP contribution in [-0.4, -0.2) is 34.6 Å². The van der Waals surface area contributed by atoms with Crippen LogP contribution in [0.4, 0.5) is 0 Å². The van der Waals surface area contributed by atoms with Crippen molar-refractivity contribution in [2.45, 2.75) is 56.7 Å². The summed E-state index contributed by atoms with van der Waals surface area (Å²) in [6, 6.07) is 6.13. The zero-order valence-electron chi connectivity index (χ0n) is 11.0. The predicted molar refractivity (Wildman–Crippen MR) is 73.3 cm³/mol. The van der Waals surface area contributed by atoms with Crippen LogP contribution >= 0.6 is 0 Å².